The van der Waals surface area contributed by atoms with Crippen LogP contribution < -0.4 is 10.2 Å². The Bertz CT molecular complexity index is 800. The maximum Gasteiger partial charge on any atom is 0.227 e. The van der Waals surface area contributed by atoms with Gasteiger partial charge in [-0.2, -0.15) is 5.26 Å². The summed E-state index contributed by atoms with van der Waals surface area (Å²) in [7, 11) is 0. The number of carbonyl (C=O) groups is 1. The highest BCUT2D eigenvalue weighted by molar-refractivity contribution is 5.92. The minimum Gasteiger partial charge on any atom is -0.357 e. The first kappa shape index (κ1) is 18.9. The summed E-state index contributed by atoms with van der Waals surface area (Å²) in [5, 5.41) is 11.9. The number of anilines is 2. The van der Waals surface area contributed by atoms with Crippen LogP contribution in [0.15, 0.2) is 42.6 Å². The molecule has 0 saturated carbocycles. The Labute approximate surface area is 161 Å². The lowest BCUT2D eigenvalue weighted by Gasteiger charge is -2.32. The second kappa shape index (κ2) is 8.68. The number of benzene rings is 1. The van der Waals surface area contributed by atoms with Gasteiger partial charge in [-0.05, 0) is 55.0 Å². The quantitative estimate of drug-likeness (QED) is 0.860. The first-order valence-electron chi connectivity index (χ1n) is 9.62. The fraction of sp³-hybridized carbons (Fsp3) is 0.409. The molecule has 1 unspecified atom stereocenters. The molecule has 0 spiro atoms. The Morgan fingerprint density at radius 3 is 2.52 bits per heavy atom. The first-order chi connectivity index (χ1) is 13.1. The van der Waals surface area contributed by atoms with Crippen LogP contribution in [0.5, 0.6) is 0 Å². The van der Waals surface area contributed by atoms with Gasteiger partial charge in [0.05, 0.1) is 5.56 Å². The van der Waals surface area contributed by atoms with Crippen molar-refractivity contribution in [2.45, 2.75) is 39.0 Å². The van der Waals surface area contributed by atoms with Gasteiger partial charge in [-0.1, -0.05) is 26.0 Å². The van der Waals surface area contributed by atoms with E-state index in [9.17, 15) is 4.79 Å². The highest BCUT2D eigenvalue weighted by Crippen LogP contribution is 2.24. The molecule has 1 aromatic carbocycles. The van der Waals surface area contributed by atoms with E-state index in [0.717, 1.165) is 43.9 Å². The second-order valence-corrected chi connectivity index (χ2v) is 7.20. The van der Waals surface area contributed by atoms with Crippen LogP contribution in [-0.2, 0) is 4.79 Å². The predicted octanol–water partition coefficient (Wildman–Crippen LogP) is 4.32. The van der Waals surface area contributed by atoms with E-state index < -0.39 is 0 Å². The van der Waals surface area contributed by atoms with E-state index in [0.29, 0.717) is 11.5 Å². The summed E-state index contributed by atoms with van der Waals surface area (Å²) in [4.78, 5) is 19.1. The standard InChI is InChI=1S/C22H26N4O/c1-3-16(2)18-5-7-20(8-6-18)25-22(27)19-10-12-26(13-11-19)21-9-4-17(14-23)15-24-21/h4-9,15-16,19H,3,10-13H2,1-2H3,(H,25,27). The van der Waals surface area contributed by atoms with Crippen LogP contribution in [0.3, 0.4) is 0 Å². The number of nitriles is 1. The lowest BCUT2D eigenvalue weighted by atomic mass is 9.95. The summed E-state index contributed by atoms with van der Waals surface area (Å²) < 4.78 is 0. The van der Waals surface area contributed by atoms with Crippen molar-refractivity contribution in [2.75, 3.05) is 23.3 Å². The van der Waals surface area contributed by atoms with Crippen molar-refractivity contribution < 1.29 is 4.79 Å². The molecule has 0 aliphatic carbocycles. The van der Waals surface area contributed by atoms with E-state index in [-0.39, 0.29) is 11.8 Å². The Hall–Kier alpha value is -2.87. The maximum atomic E-state index is 12.6. The second-order valence-electron chi connectivity index (χ2n) is 7.20. The molecule has 140 valence electrons. The fourth-order valence-electron chi connectivity index (χ4n) is 3.39. The number of amides is 1. The molecule has 2 heterocycles. The number of piperidine rings is 1. The molecular formula is C22H26N4O. The lowest BCUT2D eigenvalue weighted by molar-refractivity contribution is -0.120. The summed E-state index contributed by atoms with van der Waals surface area (Å²) in [6.07, 6.45) is 4.31. The molecule has 3 rings (SSSR count). The van der Waals surface area contributed by atoms with Crippen LogP contribution in [-0.4, -0.2) is 24.0 Å². The molecule has 1 aromatic heterocycles. The predicted molar refractivity (Wildman–Crippen MR) is 108 cm³/mol. The smallest absolute Gasteiger partial charge is 0.227 e. The van der Waals surface area contributed by atoms with Gasteiger partial charge in [-0.3, -0.25) is 4.79 Å². The Morgan fingerprint density at radius 1 is 1.26 bits per heavy atom. The number of nitrogens with one attached hydrogen (secondary N) is 1. The minimum absolute atomic E-state index is 0.0221. The van der Waals surface area contributed by atoms with Gasteiger partial charge in [0.1, 0.15) is 11.9 Å². The van der Waals surface area contributed by atoms with E-state index in [2.05, 4.69) is 47.3 Å². The van der Waals surface area contributed by atoms with Gasteiger partial charge >= 0.3 is 0 Å². The van der Waals surface area contributed by atoms with Gasteiger partial charge in [-0.25, -0.2) is 4.98 Å². The van der Waals surface area contributed by atoms with Crippen molar-refractivity contribution >= 4 is 17.4 Å². The highest BCUT2D eigenvalue weighted by atomic mass is 16.1. The van der Waals surface area contributed by atoms with Crippen molar-refractivity contribution in [1.29, 1.82) is 5.26 Å². The summed E-state index contributed by atoms with van der Waals surface area (Å²) in [5.74, 6) is 1.52. The molecule has 1 saturated heterocycles. The molecule has 1 amide bonds. The van der Waals surface area contributed by atoms with Gasteiger partial charge in [0.25, 0.3) is 0 Å². The summed E-state index contributed by atoms with van der Waals surface area (Å²) in [5.41, 5.74) is 2.73. The fourth-order valence-corrected chi connectivity index (χ4v) is 3.39. The van der Waals surface area contributed by atoms with E-state index >= 15 is 0 Å². The third kappa shape index (κ3) is 4.65. The van der Waals surface area contributed by atoms with Crippen LogP contribution in [0.4, 0.5) is 11.5 Å². The number of carbonyl (C=O) groups excluding carboxylic acids is 1. The molecule has 5 heteroatoms. The van der Waals surface area contributed by atoms with Crippen LogP contribution in [0.1, 0.15) is 50.2 Å². The van der Waals surface area contributed by atoms with E-state index in [1.54, 1.807) is 12.3 Å². The SMILES string of the molecule is CCC(C)c1ccc(NC(=O)C2CCN(c3ccc(C#N)cn3)CC2)cc1. The average Bonchev–Trinajstić information content (AvgIpc) is 2.74. The van der Waals surface area contributed by atoms with Crippen molar-refractivity contribution in [2.24, 2.45) is 5.92 Å². The zero-order chi connectivity index (χ0) is 19.2. The first-order valence-corrected chi connectivity index (χ1v) is 9.62. The Kier molecular flexibility index (Phi) is 6.08. The number of hydrogen-bond donors (Lipinski definition) is 1. The lowest BCUT2D eigenvalue weighted by Crippen LogP contribution is -2.38. The third-order valence-electron chi connectivity index (χ3n) is 5.43. The molecule has 1 fully saturated rings. The largest absolute Gasteiger partial charge is 0.357 e. The zero-order valence-corrected chi connectivity index (χ0v) is 16.0. The van der Waals surface area contributed by atoms with Crippen LogP contribution in [0.2, 0.25) is 0 Å². The number of pyridine rings is 1. The van der Waals surface area contributed by atoms with E-state index in [4.69, 9.17) is 5.26 Å². The minimum atomic E-state index is 0.0221. The van der Waals surface area contributed by atoms with Crippen LogP contribution in [0.25, 0.3) is 0 Å². The molecule has 27 heavy (non-hydrogen) atoms. The van der Waals surface area contributed by atoms with Crippen molar-refractivity contribution in [3.63, 3.8) is 0 Å². The molecule has 0 bridgehead atoms. The average molecular weight is 362 g/mol. The summed E-state index contributed by atoms with van der Waals surface area (Å²) in [6, 6.07) is 13.9. The summed E-state index contributed by atoms with van der Waals surface area (Å²) >= 11 is 0. The molecule has 1 aliphatic rings. The van der Waals surface area contributed by atoms with Gasteiger partial charge < -0.3 is 10.2 Å². The number of hydrogen-bond acceptors (Lipinski definition) is 4. The molecule has 1 N–H and O–H groups in total. The molecule has 1 aliphatic heterocycles. The van der Waals surface area contributed by atoms with Gasteiger partial charge in [-0.15, -0.1) is 0 Å². The Morgan fingerprint density at radius 2 is 1.96 bits per heavy atom. The van der Waals surface area contributed by atoms with Crippen molar-refractivity contribution in [1.82, 2.24) is 4.98 Å². The van der Waals surface area contributed by atoms with Crippen LogP contribution in [0, 0.1) is 17.2 Å². The van der Waals surface area contributed by atoms with E-state index in [1.165, 1.54) is 5.56 Å². The monoisotopic (exact) mass is 362 g/mol. The zero-order valence-electron chi connectivity index (χ0n) is 16.0. The normalized spacial score (nSPS) is 15.8. The highest BCUT2D eigenvalue weighted by Gasteiger charge is 2.25. The molecule has 2 aromatic rings. The molecule has 1 atom stereocenters. The molecular weight excluding hydrogens is 336 g/mol. The van der Waals surface area contributed by atoms with Crippen molar-refractivity contribution in [3.05, 3.63) is 53.7 Å². The molecule has 0 radical (unpaired) electrons. The van der Waals surface area contributed by atoms with Gasteiger partial charge in [0.2, 0.25) is 5.91 Å². The van der Waals surface area contributed by atoms with E-state index in [1.807, 2.05) is 18.2 Å². The van der Waals surface area contributed by atoms with Gasteiger partial charge in [0.15, 0.2) is 0 Å². The summed E-state index contributed by atoms with van der Waals surface area (Å²) in [6.45, 7) is 5.98. The Balaban J connectivity index is 1.53. The maximum absolute atomic E-state index is 12.6. The number of nitrogens with zero attached hydrogens (tertiary/aromatic N) is 3. The topological polar surface area (TPSA) is 69.0 Å². The van der Waals surface area contributed by atoms with Gasteiger partial charge in [0, 0.05) is 30.9 Å². The van der Waals surface area contributed by atoms with Crippen LogP contribution >= 0.6 is 0 Å². The number of rotatable bonds is 5. The molecule has 5 nitrogen and oxygen atoms in total. The van der Waals surface area contributed by atoms with Crippen molar-refractivity contribution in [3.8, 4) is 6.07 Å². The third-order valence-corrected chi connectivity index (χ3v) is 5.43. The number of aromatic nitrogens is 1.